The van der Waals surface area contributed by atoms with Crippen LogP contribution in [0.5, 0.6) is 0 Å². The van der Waals surface area contributed by atoms with Gasteiger partial charge in [0.05, 0.1) is 17.9 Å². The second-order valence-corrected chi connectivity index (χ2v) is 6.88. The van der Waals surface area contributed by atoms with E-state index in [0.717, 1.165) is 5.56 Å². The van der Waals surface area contributed by atoms with Crippen LogP contribution in [0.4, 0.5) is 0 Å². The number of rotatable bonds is 8. The summed E-state index contributed by atoms with van der Waals surface area (Å²) in [5.41, 5.74) is 0.140. The smallest absolute Gasteiger partial charge is 0.227 e. The van der Waals surface area contributed by atoms with Crippen LogP contribution in [-0.4, -0.2) is 27.5 Å². The Morgan fingerprint density at radius 3 is 2.08 bits per heavy atom. The molecule has 0 amide bonds. The van der Waals surface area contributed by atoms with Crippen LogP contribution in [0.25, 0.3) is 0 Å². The third kappa shape index (κ3) is 5.50. The van der Waals surface area contributed by atoms with E-state index < -0.39 is 22.5 Å². The zero-order chi connectivity index (χ0) is 18.4. The number of nitrogens with zero attached hydrogens (tertiary/aromatic N) is 1. The Bertz CT molecular complexity index is 707. The Kier molecular flexibility index (Phi) is 6.04. The van der Waals surface area contributed by atoms with Gasteiger partial charge in [0.1, 0.15) is 0 Å². The molecular formula is C20H23NO4. The predicted molar refractivity (Wildman–Crippen MR) is 96.3 cm³/mol. The van der Waals surface area contributed by atoms with E-state index in [0.29, 0.717) is 5.56 Å². The molecule has 0 saturated heterocycles. The van der Waals surface area contributed by atoms with Crippen molar-refractivity contribution in [3.8, 4) is 0 Å². The lowest BCUT2D eigenvalue weighted by molar-refractivity contribution is -0.526. The molecule has 0 aromatic heterocycles. The van der Waals surface area contributed by atoms with E-state index in [-0.39, 0.29) is 18.6 Å². The number of aliphatic hydroxyl groups is 1. The maximum absolute atomic E-state index is 12.5. The van der Waals surface area contributed by atoms with Crippen molar-refractivity contribution in [3.05, 3.63) is 81.9 Å². The molecule has 0 aliphatic rings. The van der Waals surface area contributed by atoms with Gasteiger partial charge in [-0.25, -0.2) is 0 Å². The summed E-state index contributed by atoms with van der Waals surface area (Å²) in [4.78, 5) is 23.8. The van der Waals surface area contributed by atoms with Gasteiger partial charge >= 0.3 is 0 Å². The van der Waals surface area contributed by atoms with Gasteiger partial charge in [0.2, 0.25) is 6.04 Å². The Morgan fingerprint density at radius 2 is 1.60 bits per heavy atom. The quantitative estimate of drug-likeness (QED) is 0.449. The summed E-state index contributed by atoms with van der Waals surface area (Å²) in [6.45, 7) is 3.25. The first-order valence-corrected chi connectivity index (χ1v) is 8.27. The molecule has 0 radical (unpaired) electrons. The van der Waals surface area contributed by atoms with Gasteiger partial charge in [-0.2, -0.15) is 0 Å². The monoisotopic (exact) mass is 341 g/mol. The van der Waals surface area contributed by atoms with Gasteiger partial charge in [0.25, 0.3) is 0 Å². The summed E-state index contributed by atoms with van der Waals surface area (Å²) in [5, 5.41) is 22.0. The van der Waals surface area contributed by atoms with Crippen molar-refractivity contribution in [2.24, 2.45) is 0 Å². The molecule has 0 fully saturated rings. The van der Waals surface area contributed by atoms with Crippen molar-refractivity contribution in [2.75, 3.05) is 0 Å². The average molecular weight is 341 g/mol. The molecule has 25 heavy (non-hydrogen) atoms. The standard InChI is InChI=1S/C20H23NO4/c1-20(2,23)14-17(15-9-5-3-6-10-15)18(21(24)25)13-19(22)16-11-7-4-8-12-16/h3-12,17-18,23H,13-14H2,1-2H3/t17-,18+/m0/s1. The summed E-state index contributed by atoms with van der Waals surface area (Å²) < 4.78 is 0. The van der Waals surface area contributed by atoms with Gasteiger partial charge in [-0.05, 0) is 25.8 Å². The summed E-state index contributed by atoms with van der Waals surface area (Å²) >= 11 is 0. The Balaban J connectivity index is 2.32. The molecule has 0 aliphatic carbocycles. The first-order valence-electron chi connectivity index (χ1n) is 8.27. The molecule has 5 heteroatoms. The van der Waals surface area contributed by atoms with Crippen molar-refractivity contribution in [2.45, 2.75) is 44.2 Å². The predicted octanol–water partition coefficient (Wildman–Crippen LogP) is 3.85. The fourth-order valence-electron chi connectivity index (χ4n) is 3.01. The van der Waals surface area contributed by atoms with Crippen molar-refractivity contribution in [1.82, 2.24) is 0 Å². The average Bonchev–Trinajstić information content (AvgIpc) is 2.58. The highest BCUT2D eigenvalue weighted by molar-refractivity contribution is 5.96. The van der Waals surface area contributed by atoms with Gasteiger partial charge < -0.3 is 5.11 Å². The number of ketones is 1. The Morgan fingerprint density at radius 1 is 1.08 bits per heavy atom. The van der Waals surface area contributed by atoms with Gasteiger partial charge in [0, 0.05) is 10.5 Å². The fourth-order valence-corrected chi connectivity index (χ4v) is 3.01. The number of Topliss-reactive ketones (excluding diaryl/α,β-unsaturated/α-hetero) is 1. The van der Waals surface area contributed by atoms with E-state index in [1.165, 1.54) is 0 Å². The van der Waals surface area contributed by atoms with Crippen LogP contribution < -0.4 is 0 Å². The zero-order valence-electron chi connectivity index (χ0n) is 14.5. The minimum atomic E-state index is -1.10. The Labute approximate surface area is 147 Å². The van der Waals surface area contributed by atoms with Crippen LogP contribution in [0.1, 0.15) is 48.5 Å². The third-order valence-electron chi connectivity index (χ3n) is 4.17. The third-order valence-corrected chi connectivity index (χ3v) is 4.17. The van der Waals surface area contributed by atoms with Crippen LogP contribution in [0.3, 0.4) is 0 Å². The maximum Gasteiger partial charge on any atom is 0.227 e. The highest BCUT2D eigenvalue weighted by Crippen LogP contribution is 2.32. The lowest BCUT2D eigenvalue weighted by atomic mass is 9.80. The molecule has 5 nitrogen and oxygen atoms in total. The molecule has 0 unspecified atom stereocenters. The van der Waals surface area contributed by atoms with Crippen molar-refractivity contribution in [1.29, 1.82) is 0 Å². The van der Waals surface area contributed by atoms with Gasteiger partial charge in [-0.1, -0.05) is 60.7 Å². The van der Waals surface area contributed by atoms with E-state index in [1.807, 2.05) is 18.2 Å². The summed E-state index contributed by atoms with van der Waals surface area (Å²) in [5.74, 6) is -0.817. The highest BCUT2D eigenvalue weighted by Gasteiger charge is 2.38. The van der Waals surface area contributed by atoms with Gasteiger partial charge in [-0.15, -0.1) is 0 Å². The normalized spacial score (nSPS) is 13.9. The fraction of sp³-hybridized carbons (Fsp3) is 0.350. The number of hydrogen-bond acceptors (Lipinski definition) is 4. The zero-order valence-corrected chi connectivity index (χ0v) is 14.5. The SMILES string of the molecule is CC(C)(O)C[C@@H](c1ccccc1)[C@@H](CC(=O)c1ccccc1)[N+](=O)[O-]. The Hall–Kier alpha value is -2.53. The molecule has 0 heterocycles. The van der Waals surface area contributed by atoms with E-state index in [4.69, 9.17) is 0 Å². The molecule has 0 bridgehead atoms. The highest BCUT2D eigenvalue weighted by atomic mass is 16.6. The molecule has 2 aromatic rings. The van der Waals surface area contributed by atoms with Crippen LogP contribution >= 0.6 is 0 Å². The molecule has 2 aromatic carbocycles. The van der Waals surface area contributed by atoms with Gasteiger partial charge in [-0.3, -0.25) is 14.9 Å². The number of nitro groups is 1. The summed E-state index contributed by atoms with van der Waals surface area (Å²) in [6, 6.07) is 16.6. The topological polar surface area (TPSA) is 80.4 Å². The van der Waals surface area contributed by atoms with Crippen LogP contribution in [0, 0.1) is 10.1 Å². The summed E-state index contributed by atoms with van der Waals surface area (Å²) in [6.07, 6.45) is -0.00260. The second kappa shape index (κ2) is 8.03. The number of benzene rings is 2. The molecule has 2 atom stereocenters. The lowest BCUT2D eigenvalue weighted by Crippen LogP contribution is -2.35. The molecule has 0 spiro atoms. The first-order chi connectivity index (χ1) is 11.8. The first kappa shape index (κ1) is 18.8. The minimum absolute atomic E-state index is 0.199. The van der Waals surface area contributed by atoms with E-state index >= 15 is 0 Å². The molecule has 0 aliphatic heterocycles. The minimum Gasteiger partial charge on any atom is -0.390 e. The number of carbonyl (C=O) groups is 1. The molecule has 0 saturated carbocycles. The number of carbonyl (C=O) groups excluding carboxylic acids is 1. The van der Waals surface area contributed by atoms with E-state index in [1.54, 1.807) is 56.3 Å². The lowest BCUT2D eigenvalue weighted by Gasteiger charge is -2.27. The molecular weight excluding hydrogens is 318 g/mol. The summed E-state index contributed by atoms with van der Waals surface area (Å²) in [7, 11) is 0. The maximum atomic E-state index is 12.5. The largest absolute Gasteiger partial charge is 0.390 e. The molecule has 2 rings (SSSR count). The van der Waals surface area contributed by atoms with Crippen LogP contribution in [0.2, 0.25) is 0 Å². The number of hydrogen-bond donors (Lipinski definition) is 1. The van der Waals surface area contributed by atoms with Crippen molar-refractivity contribution < 1.29 is 14.8 Å². The van der Waals surface area contributed by atoms with Crippen molar-refractivity contribution >= 4 is 5.78 Å². The molecule has 132 valence electrons. The van der Waals surface area contributed by atoms with Gasteiger partial charge in [0.15, 0.2) is 5.78 Å². The van der Waals surface area contributed by atoms with Crippen LogP contribution in [0.15, 0.2) is 60.7 Å². The molecule has 1 N–H and O–H groups in total. The van der Waals surface area contributed by atoms with E-state index in [2.05, 4.69) is 0 Å². The van der Waals surface area contributed by atoms with E-state index in [9.17, 15) is 20.0 Å². The van der Waals surface area contributed by atoms with Crippen molar-refractivity contribution in [3.63, 3.8) is 0 Å². The second-order valence-electron chi connectivity index (χ2n) is 6.88. The van der Waals surface area contributed by atoms with Crippen LogP contribution in [-0.2, 0) is 0 Å².